The third kappa shape index (κ3) is 9.92. The van der Waals surface area contributed by atoms with E-state index in [1.54, 1.807) is 0 Å². The Balaban J connectivity index is 3.12. The van der Waals surface area contributed by atoms with Crippen molar-refractivity contribution >= 4 is 0 Å². The maximum Gasteiger partial charge on any atom is 0.0969 e. The first-order valence-corrected chi connectivity index (χ1v) is 4.74. The molecule has 0 aromatic rings. The molecule has 0 saturated carbocycles. The van der Waals surface area contributed by atoms with Gasteiger partial charge in [0.15, 0.2) is 0 Å². The van der Waals surface area contributed by atoms with E-state index in [2.05, 4.69) is 39.9 Å². The third-order valence-corrected chi connectivity index (χ3v) is 1.54. The average molecular weight is 173 g/mol. The van der Waals surface area contributed by atoms with Crippen LogP contribution < -0.4 is 5.32 Å². The molecule has 0 saturated heterocycles. The molecular weight excluding hydrogens is 150 g/mol. The van der Waals surface area contributed by atoms with Crippen molar-refractivity contribution in [3.63, 3.8) is 0 Å². The highest BCUT2D eigenvalue weighted by Gasteiger charge is 2.07. The zero-order chi connectivity index (χ0) is 9.61. The van der Waals surface area contributed by atoms with Crippen molar-refractivity contribution in [3.05, 3.63) is 0 Å². The second-order valence-corrected chi connectivity index (χ2v) is 4.66. The summed E-state index contributed by atoms with van der Waals surface area (Å²) >= 11 is 0. The van der Waals surface area contributed by atoms with E-state index in [1.165, 1.54) is 0 Å². The lowest BCUT2D eigenvalue weighted by Gasteiger charge is -2.20. The van der Waals surface area contributed by atoms with Gasteiger partial charge in [-0.15, -0.1) is 0 Å². The summed E-state index contributed by atoms with van der Waals surface area (Å²) in [5, 5.41) is 3.27. The summed E-state index contributed by atoms with van der Waals surface area (Å²) in [7, 11) is 0. The van der Waals surface area contributed by atoms with E-state index in [0.29, 0.717) is 6.73 Å². The van der Waals surface area contributed by atoms with Crippen LogP contribution in [0.3, 0.4) is 0 Å². The van der Waals surface area contributed by atoms with Crippen molar-refractivity contribution in [2.45, 2.75) is 46.6 Å². The minimum atomic E-state index is 0.165. The van der Waals surface area contributed by atoms with Crippen LogP contribution in [0.15, 0.2) is 0 Å². The molecule has 0 aliphatic carbocycles. The molecule has 2 heteroatoms. The highest BCUT2D eigenvalue weighted by molar-refractivity contribution is 4.67. The molecular formula is C10H23NO. The van der Waals surface area contributed by atoms with Crippen LogP contribution in [0, 0.1) is 5.92 Å². The highest BCUT2D eigenvalue weighted by Crippen LogP contribution is 2.00. The Morgan fingerprint density at radius 1 is 1.25 bits per heavy atom. The smallest absolute Gasteiger partial charge is 0.0969 e. The Hall–Kier alpha value is -0.0800. The average Bonchev–Trinajstić information content (AvgIpc) is 1.83. The minimum absolute atomic E-state index is 0.165. The fourth-order valence-corrected chi connectivity index (χ4v) is 0.659. The number of hydrogen-bond acceptors (Lipinski definition) is 2. The summed E-state index contributed by atoms with van der Waals surface area (Å²) in [6, 6.07) is 0. The Labute approximate surface area is 76.7 Å². The third-order valence-electron chi connectivity index (χ3n) is 1.54. The molecule has 74 valence electrons. The van der Waals surface area contributed by atoms with Crippen LogP contribution in [-0.2, 0) is 4.74 Å². The van der Waals surface area contributed by atoms with Crippen molar-refractivity contribution in [2.24, 2.45) is 5.92 Å². The Bertz CT molecular complexity index is 105. The van der Waals surface area contributed by atoms with Crippen LogP contribution in [0.5, 0.6) is 0 Å². The lowest BCUT2D eigenvalue weighted by molar-refractivity contribution is 0.0906. The number of hydrogen-bond donors (Lipinski definition) is 1. The van der Waals surface area contributed by atoms with Crippen molar-refractivity contribution in [3.8, 4) is 0 Å². The quantitative estimate of drug-likeness (QED) is 0.509. The van der Waals surface area contributed by atoms with Crippen molar-refractivity contribution < 1.29 is 4.74 Å². The Morgan fingerprint density at radius 2 is 1.83 bits per heavy atom. The van der Waals surface area contributed by atoms with E-state index in [0.717, 1.165) is 18.9 Å². The van der Waals surface area contributed by atoms with Crippen LogP contribution in [0.2, 0.25) is 0 Å². The molecule has 0 aromatic carbocycles. The molecule has 1 N–H and O–H groups in total. The summed E-state index contributed by atoms with van der Waals surface area (Å²) in [6.07, 6.45) is 1.14. The van der Waals surface area contributed by atoms with Crippen LogP contribution >= 0.6 is 0 Å². The molecule has 0 spiro atoms. The number of rotatable bonds is 5. The van der Waals surface area contributed by atoms with Gasteiger partial charge < -0.3 is 4.74 Å². The van der Waals surface area contributed by atoms with Crippen LogP contribution in [0.1, 0.15) is 41.0 Å². The largest absolute Gasteiger partial charge is 0.366 e. The van der Waals surface area contributed by atoms with Gasteiger partial charge in [0.2, 0.25) is 0 Å². The van der Waals surface area contributed by atoms with Gasteiger partial charge in [0.05, 0.1) is 6.73 Å². The van der Waals surface area contributed by atoms with Gasteiger partial charge in [-0.2, -0.15) is 0 Å². The number of ether oxygens (including phenoxy) is 1. The van der Waals surface area contributed by atoms with E-state index >= 15 is 0 Å². The molecule has 0 radical (unpaired) electrons. The van der Waals surface area contributed by atoms with Gasteiger partial charge in [-0.3, -0.25) is 5.32 Å². The number of nitrogens with one attached hydrogen (secondary N) is 1. The second kappa shape index (κ2) is 5.55. The predicted octanol–water partition coefficient (Wildman–Crippen LogP) is 2.39. The fraction of sp³-hybridized carbons (Fsp3) is 1.00. The summed E-state index contributed by atoms with van der Waals surface area (Å²) < 4.78 is 5.41. The summed E-state index contributed by atoms with van der Waals surface area (Å²) in [4.78, 5) is 0. The highest BCUT2D eigenvalue weighted by atomic mass is 16.5. The lowest BCUT2D eigenvalue weighted by Crippen LogP contribution is -2.37. The van der Waals surface area contributed by atoms with E-state index in [-0.39, 0.29) is 5.54 Å². The zero-order valence-electron chi connectivity index (χ0n) is 9.11. The molecule has 2 nitrogen and oxygen atoms in total. The van der Waals surface area contributed by atoms with Crippen molar-refractivity contribution in [1.82, 2.24) is 5.32 Å². The first kappa shape index (κ1) is 11.9. The monoisotopic (exact) mass is 173 g/mol. The maximum absolute atomic E-state index is 5.41. The Kier molecular flexibility index (Phi) is 5.51. The van der Waals surface area contributed by atoms with Gasteiger partial charge >= 0.3 is 0 Å². The van der Waals surface area contributed by atoms with Gasteiger partial charge in [-0.1, -0.05) is 13.8 Å². The van der Waals surface area contributed by atoms with E-state index in [9.17, 15) is 0 Å². The molecule has 0 fully saturated rings. The van der Waals surface area contributed by atoms with Gasteiger partial charge in [0, 0.05) is 12.1 Å². The standard InChI is InChI=1S/C10H23NO/c1-9(2)6-7-12-8-11-10(3,4)5/h9,11H,6-8H2,1-5H3. The molecule has 0 aliphatic rings. The van der Waals surface area contributed by atoms with E-state index in [4.69, 9.17) is 4.74 Å². The fourth-order valence-electron chi connectivity index (χ4n) is 0.659. The maximum atomic E-state index is 5.41. The molecule has 0 rings (SSSR count). The van der Waals surface area contributed by atoms with Crippen LogP contribution in [-0.4, -0.2) is 18.9 Å². The molecule has 12 heavy (non-hydrogen) atoms. The van der Waals surface area contributed by atoms with Gasteiger partial charge in [-0.05, 0) is 33.1 Å². The van der Waals surface area contributed by atoms with Crippen LogP contribution in [0.4, 0.5) is 0 Å². The summed E-state index contributed by atoms with van der Waals surface area (Å²) in [5.74, 6) is 0.736. The van der Waals surface area contributed by atoms with Gasteiger partial charge in [0.25, 0.3) is 0 Å². The molecule has 0 atom stereocenters. The van der Waals surface area contributed by atoms with E-state index < -0.39 is 0 Å². The molecule has 0 heterocycles. The minimum Gasteiger partial charge on any atom is -0.366 e. The SMILES string of the molecule is CC(C)CCOCNC(C)(C)C. The molecule has 0 aromatic heterocycles. The molecule has 0 amide bonds. The van der Waals surface area contributed by atoms with Gasteiger partial charge in [0.1, 0.15) is 0 Å². The lowest BCUT2D eigenvalue weighted by atomic mass is 10.1. The van der Waals surface area contributed by atoms with Crippen LogP contribution in [0.25, 0.3) is 0 Å². The first-order valence-electron chi connectivity index (χ1n) is 4.74. The Morgan fingerprint density at radius 3 is 2.25 bits per heavy atom. The molecule has 0 unspecified atom stereocenters. The first-order chi connectivity index (χ1) is 5.42. The normalized spacial score (nSPS) is 12.5. The molecule has 0 aliphatic heterocycles. The summed E-state index contributed by atoms with van der Waals surface area (Å²) in [5.41, 5.74) is 0.165. The van der Waals surface area contributed by atoms with E-state index in [1.807, 2.05) is 0 Å². The molecule has 0 bridgehead atoms. The topological polar surface area (TPSA) is 21.3 Å². The van der Waals surface area contributed by atoms with Crippen molar-refractivity contribution in [2.75, 3.05) is 13.3 Å². The van der Waals surface area contributed by atoms with Crippen molar-refractivity contribution in [1.29, 1.82) is 0 Å². The van der Waals surface area contributed by atoms with Gasteiger partial charge in [-0.25, -0.2) is 0 Å². The predicted molar refractivity (Wildman–Crippen MR) is 53.2 cm³/mol. The summed E-state index contributed by atoms with van der Waals surface area (Å²) in [6.45, 7) is 12.4. The second-order valence-electron chi connectivity index (χ2n) is 4.66. The zero-order valence-corrected chi connectivity index (χ0v) is 9.11.